The molecule has 1 fully saturated rings. The lowest BCUT2D eigenvalue weighted by Crippen LogP contribution is -2.23. The Morgan fingerprint density at radius 1 is 1.17 bits per heavy atom. The van der Waals surface area contributed by atoms with Gasteiger partial charge in [-0.05, 0) is 68.4 Å². The minimum Gasteiger partial charge on any atom is -0.311 e. The van der Waals surface area contributed by atoms with Gasteiger partial charge < -0.3 is 5.32 Å². The highest BCUT2D eigenvalue weighted by atomic mass is 14.9. The number of hydrogen-bond acceptors (Lipinski definition) is 2. The molecule has 96 valence electrons. The van der Waals surface area contributed by atoms with Gasteiger partial charge in [0.15, 0.2) is 0 Å². The summed E-state index contributed by atoms with van der Waals surface area (Å²) < 4.78 is 0. The molecule has 1 aliphatic carbocycles. The lowest BCUT2D eigenvalue weighted by Gasteiger charge is -2.16. The van der Waals surface area contributed by atoms with Crippen molar-refractivity contribution < 1.29 is 0 Å². The number of aryl methyl sites for hydroxylation is 2. The molecular formula is C16H22N2. The summed E-state index contributed by atoms with van der Waals surface area (Å²) in [4.78, 5) is 0. The summed E-state index contributed by atoms with van der Waals surface area (Å²) in [6.07, 6.45) is 2.11. The predicted molar refractivity (Wildman–Crippen MR) is 74.4 cm³/mol. The molecule has 0 unspecified atom stereocenters. The first-order chi connectivity index (χ1) is 8.49. The van der Waals surface area contributed by atoms with Gasteiger partial charge in [-0.3, -0.25) is 0 Å². The van der Waals surface area contributed by atoms with E-state index in [1.807, 2.05) is 0 Å². The Morgan fingerprint density at radius 2 is 1.72 bits per heavy atom. The fourth-order valence-corrected chi connectivity index (χ4v) is 2.47. The van der Waals surface area contributed by atoms with Gasteiger partial charge in [-0.15, -0.1) is 0 Å². The van der Waals surface area contributed by atoms with Crippen molar-refractivity contribution in [1.82, 2.24) is 5.32 Å². The fraction of sp³-hybridized carbons (Fsp3) is 0.562. The quantitative estimate of drug-likeness (QED) is 0.879. The summed E-state index contributed by atoms with van der Waals surface area (Å²) >= 11 is 0. The van der Waals surface area contributed by atoms with Gasteiger partial charge >= 0.3 is 0 Å². The first kappa shape index (κ1) is 13.1. The van der Waals surface area contributed by atoms with Gasteiger partial charge in [0.1, 0.15) is 0 Å². The molecule has 0 spiro atoms. The maximum Gasteiger partial charge on any atom is 0.0703 e. The maximum absolute atomic E-state index is 9.06. The van der Waals surface area contributed by atoms with E-state index in [0.717, 1.165) is 25.9 Å². The number of benzene rings is 1. The molecule has 2 rings (SSSR count). The molecule has 0 radical (unpaired) electrons. The van der Waals surface area contributed by atoms with Crippen molar-refractivity contribution in [2.45, 2.75) is 47.1 Å². The van der Waals surface area contributed by atoms with Gasteiger partial charge in [0.05, 0.1) is 11.5 Å². The van der Waals surface area contributed by atoms with Gasteiger partial charge in [-0.2, -0.15) is 5.26 Å². The van der Waals surface area contributed by atoms with Crippen molar-refractivity contribution >= 4 is 0 Å². The molecule has 0 saturated heterocycles. The van der Waals surface area contributed by atoms with Crippen LogP contribution in [0.25, 0.3) is 0 Å². The highest BCUT2D eigenvalue weighted by Gasteiger charge is 2.42. The molecule has 2 heteroatoms. The van der Waals surface area contributed by atoms with Crippen molar-refractivity contribution in [3.63, 3.8) is 0 Å². The van der Waals surface area contributed by atoms with Crippen LogP contribution in [0.15, 0.2) is 6.07 Å². The van der Waals surface area contributed by atoms with E-state index >= 15 is 0 Å². The van der Waals surface area contributed by atoms with Crippen LogP contribution < -0.4 is 5.32 Å². The van der Waals surface area contributed by atoms with E-state index in [1.54, 1.807) is 0 Å². The van der Waals surface area contributed by atoms with E-state index in [0.29, 0.717) is 0 Å². The topological polar surface area (TPSA) is 35.8 Å². The Balaban J connectivity index is 2.08. The lowest BCUT2D eigenvalue weighted by atomic mass is 9.94. The molecule has 1 aromatic rings. The van der Waals surface area contributed by atoms with Crippen LogP contribution in [0.4, 0.5) is 0 Å². The van der Waals surface area contributed by atoms with E-state index in [2.05, 4.69) is 45.1 Å². The fourth-order valence-electron chi connectivity index (χ4n) is 2.47. The summed E-state index contributed by atoms with van der Waals surface area (Å²) in [5.41, 5.74) is 6.83. The second-order valence-corrected chi connectivity index (χ2v) is 5.73. The molecule has 0 aromatic heterocycles. The normalized spacial score (nSPS) is 16.4. The van der Waals surface area contributed by atoms with Crippen LogP contribution >= 0.6 is 0 Å². The van der Waals surface area contributed by atoms with Crippen molar-refractivity contribution in [2.24, 2.45) is 5.41 Å². The number of rotatable bonds is 4. The van der Waals surface area contributed by atoms with Crippen LogP contribution in [0.3, 0.4) is 0 Å². The Bertz CT molecular complexity index is 479. The predicted octanol–water partition coefficient (Wildman–Crippen LogP) is 3.31. The maximum atomic E-state index is 9.06. The first-order valence-corrected chi connectivity index (χ1v) is 6.67. The molecule has 0 amide bonds. The standard InChI is InChI=1S/C16H22N2/c1-11-7-12(2)14(4)15(13(11)3)8-18-10-16(9-17)5-6-16/h7,18H,5-6,8,10H2,1-4H3. The Morgan fingerprint density at radius 3 is 2.17 bits per heavy atom. The monoisotopic (exact) mass is 242 g/mol. The van der Waals surface area contributed by atoms with Gasteiger partial charge in [-0.25, -0.2) is 0 Å². The van der Waals surface area contributed by atoms with E-state index < -0.39 is 0 Å². The Labute approximate surface area is 110 Å². The average Bonchev–Trinajstić information content (AvgIpc) is 3.12. The van der Waals surface area contributed by atoms with Gasteiger partial charge in [0, 0.05) is 13.1 Å². The minimum absolute atomic E-state index is 0.0549. The lowest BCUT2D eigenvalue weighted by molar-refractivity contribution is 0.556. The van der Waals surface area contributed by atoms with Crippen LogP contribution in [0, 0.1) is 44.4 Å². The number of hydrogen-bond donors (Lipinski definition) is 1. The zero-order chi connectivity index (χ0) is 13.3. The summed E-state index contributed by atoms with van der Waals surface area (Å²) in [6.45, 7) is 10.4. The molecule has 1 N–H and O–H groups in total. The molecule has 0 bridgehead atoms. The Hall–Kier alpha value is -1.33. The van der Waals surface area contributed by atoms with Crippen molar-refractivity contribution in [2.75, 3.05) is 6.54 Å². The van der Waals surface area contributed by atoms with Crippen LogP contribution in [-0.2, 0) is 6.54 Å². The van der Waals surface area contributed by atoms with Crippen molar-refractivity contribution in [1.29, 1.82) is 5.26 Å². The zero-order valence-corrected chi connectivity index (χ0v) is 11.9. The van der Waals surface area contributed by atoms with E-state index in [9.17, 15) is 0 Å². The summed E-state index contributed by atoms with van der Waals surface area (Å²) in [7, 11) is 0. The zero-order valence-electron chi connectivity index (χ0n) is 11.9. The number of nitrogens with one attached hydrogen (secondary N) is 1. The molecule has 0 heterocycles. The number of nitriles is 1. The molecule has 18 heavy (non-hydrogen) atoms. The Kier molecular flexibility index (Phi) is 3.45. The molecule has 1 aliphatic rings. The smallest absolute Gasteiger partial charge is 0.0703 e. The molecule has 1 saturated carbocycles. The summed E-state index contributed by atoms with van der Waals surface area (Å²) in [6, 6.07) is 4.68. The van der Waals surface area contributed by atoms with Crippen molar-refractivity contribution in [3.05, 3.63) is 33.9 Å². The van der Waals surface area contributed by atoms with Crippen LogP contribution in [0.2, 0.25) is 0 Å². The van der Waals surface area contributed by atoms with E-state index in [1.165, 1.54) is 27.8 Å². The van der Waals surface area contributed by atoms with Crippen LogP contribution in [0.1, 0.15) is 40.7 Å². The third-order valence-corrected chi connectivity index (χ3v) is 4.38. The van der Waals surface area contributed by atoms with Crippen LogP contribution in [-0.4, -0.2) is 6.54 Å². The van der Waals surface area contributed by atoms with Gasteiger partial charge in [-0.1, -0.05) is 6.07 Å². The molecule has 0 atom stereocenters. The van der Waals surface area contributed by atoms with Gasteiger partial charge in [0.25, 0.3) is 0 Å². The number of nitrogens with zero attached hydrogens (tertiary/aromatic N) is 1. The molecule has 2 nitrogen and oxygen atoms in total. The first-order valence-electron chi connectivity index (χ1n) is 6.67. The molecule has 1 aromatic carbocycles. The van der Waals surface area contributed by atoms with Crippen molar-refractivity contribution in [3.8, 4) is 6.07 Å². The summed E-state index contributed by atoms with van der Waals surface area (Å²) in [5, 5.41) is 12.5. The molecule has 0 aliphatic heterocycles. The van der Waals surface area contributed by atoms with Crippen LogP contribution in [0.5, 0.6) is 0 Å². The third kappa shape index (κ3) is 2.42. The SMILES string of the molecule is Cc1cc(C)c(C)c(CNCC2(C#N)CC2)c1C. The second kappa shape index (κ2) is 4.74. The largest absolute Gasteiger partial charge is 0.311 e. The average molecular weight is 242 g/mol. The summed E-state index contributed by atoms with van der Waals surface area (Å²) in [5.74, 6) is 0. The highest BCUT2D eigenvalue weighted by Crippen LogP contribution is 2.44. The third-order valence-electron chi connectivity index (χ3n) is 4.38. The van der Waals surface area contributed by atoms with Gasteiger partial charge in [0.2, 0.25) is 0 Å². The van der Waals surface area contributed by atoms with E-state index in [4.69, 9.17) is 5.26 Å². The highest BCUT2D eigenvalue weighted by molar-refractivity contribution is 5.43. The van der Waals surface area contributed by atoms with E-state index in [-0.39, 0.29) is 5.41 Å². The molecular weight excluding hydrogens is 220 g/mol. The minimum atomic E-state index is -0.0549. The second-order valence-electron chi connectivity index (χ2n) is 5.73.